The molecule has 0 unspecified atom stereocenters. The van der Waals surface area contributed by atoms with E-state index in [1.807, 2.05) is 46.8 Å². The molecule has 1 aromatic heterocycles. The number of pyridine rings is 1. The number of aryl methyl sites for hydroxylation is 1. The third-order valence-electron chi connectivity index (χ3n) is 4.02. The number of carbonyl (C=O) groups excluding carboxylic acids is 2. The van der Waals surface area contributed by atoms with Crippen LogP contribution in [0, 0.1) is 12.8 Å². The highest BCUT2D eigenvalue weighted by atomic mass is 79.9. The Morgan fingerprint density at radius 1 is 1.38 bits per heavy atom. The van der Waals surface area contributed by atoms with Crippen LogP contribution >= 0.6 is 15.9 Å². The molecule has 2 atom stereocenters. The van der Waals surface area contributed by atoms with E-state index in [0.717, 1.165) is 11.3 Å². The summed E-state index contributed by atoms with van der Waals surface area (Å²) < 4.78 is 6.16. The molecule has 1 amide bonds. The van der Waals surface area contributed by atoms with E-state index in [0.29, 0.717) is 17.6 Å². The zero-order valence-electron chi connectivity index (χ0n) is 14.9. The lowest BCUT2D eigenvalue weighted by Crippen LogP contribution is -2.44. The Labute approximate surface area is 151 Å². The van der Waals surface area contributed by atoms with Gasteiger partial charge in [-0.2, -0.15) is 0 Å². The first-order valence-electron chi connectivity index (χ1n) is 8.21. The zero-order valence-corrected chi connectivity index (χ0v) is 16.5. The van der Waals surface area contributed by atoms with Crippen molar-refractivity contribution in [1.82, 2.24) is 9.88 Å². The van der Waals surface area contributed by atoms with Crippen LogP contribution in [-0.2, 0) is 16.0 Å². The smallest absolute Gasteiger partial charge is 0.410 e. The van der Waals surface area contributed by atoms with Gasteiger partial charge in [0.1, 0.15) is 10.2 Å². The van der Waals surface area contributed by atoms with Gasteiger partial charge in [0, 0.05) is 6.54 Å². The van der Waals surface area contributed by atoms with E-state index in [9.17, 15) is 9.59 Å². The predicted molar refractivity (Wildman–Crippen MR) is 95.9 cm³/mol. The molecule has 0 aromatic carbocycles. The fraction of sp³-hybridized carbons (Fsp3) is 0.611. The van der Waals surface area contributed by atoms with Crippen LogP contribution in [0.5, 0.6) is 0 Å². The molecule has 132 valence electrons. The van der Waals surface area contributed by atoms with Crippen molar-refractivity contribution in [2.45, 2.75) is 59.1 Å². The lowest BCUT2D eigenvalue weighted by Gasteiger charge is -2.28. The Kier molecular flexibility index (Phi) is 5.68. The van der Waals surface area contributed by atoms with Gasteiger partial charge in [0.2, 0.25) is 0 Å². The molecule has 2 heterocycles. The van der Waals surface area contributed by atoms with Gasteiger partial charge in [0.25, 0.3) is 0 Å². The number of rotatable bonds is 3. The summed E-state index contributed by atoms with van der Waals surface area (Å²) in [5, 5.41) is 0. The summed E-state index contributed by atoms with van der Waals surface area (Å²) in [4.78, 5) is 31.2. The number of ketones is 1. The van der Waals surface area contributed by atoms with Crippen LogP contribution in [0.3, 0.4) is 0 Å². The summed E-state index contributed by atoms with van der Waals surface area (Å²) in [6.07, 6.45) is 0.483. The Bertz CT molecular complexity index is 640. The van der Waals surface area contributed by atoms with E-state index in [2.05, 4.69) is 20.9 Å². The first-order chi connectivity index (χ1) is 11.1. The monoisotopic (exact) mass is 396 g/mol. The molecule has 0 aliphatic carbocycles. The van der Waals surface area contributed by atoms with E-state index in [-0.39, 0.29) is 18.1 Å². The number of hydrogen-bond donors (Lipinski definition) is 0. The van der Waals surface area contributed by atoms with E-state index in [4.69, 9.17) is 4.74 Å². The Balaban J connectivity index is 2.14. The number of hydrogen-bond acceptors (Lipinski definition) is 4. The van der Waals surface area contributed by atoms with Crippen LogP contribution in [0.15, 0.2) is 16.7 Å². The summed E-state index contributed by atoms with van der Waals surface area (Å²) in [6.45, 7) is 10.0. The summed E-state index contributed by atoms with van der Waals surface area (Å²) in [6, 6.07) is 3.35. The zero-order chi connectivity index (χ0) is 18.1. The Morgan fingerprint density at radius 3 is 2.67 bits per heavy atom. The van der Waals surface area contributed by atoms with Gasteiger partial charge in [-0.15, -0.1) is 0 Å². The molecule has 5 nitrogen and oxygen atoms in total. The summed E-state index contributed by atoms with van der Waals surface area (Å²) in [5.74, 6) is 0.293. The minimum atomic E-state index is -0.570. The molecule has 0 N–H and O–H groups in total. The molecule has 0 saturated carbocycles. The van der Waals surface area contributed by atoms with Gasteiger partial charge in [-0.25, -0.2) is 9.78 Å². The second-order valence-electron chi connectivity index (χ2n) is 7.53. The lowest BCUT2D eigenvalue weighted by molar-refractivity contribution is -0.122. The van der Waals surface area contributed by atoms with Crippen molar-refractivity contribution < 1.29 is 14.3 Å². The molecule has 1 aliphatic rings. The molecular formula is C18H25BrN2O3. The Morgan fingerprint density at radius 2 is 2.04 bits per heavy atom. The number of ether oxygens (including phenoxy) is 1. The summed E-state index contributed by atoms with van der Waals surface area (Å²) in [5.41, 5.74) is 1.15. The minimum absolute atomic E-state index is 0.0129. The average Bonchev–Trinajstić information content (AvgIpc) is 2.83. The van der Waals surface area contributed by atoms with Gasteiger partial charge >= 0.3 is 6.09 Å². The van der Waals surface area contributed by atoms with Gasteiger partial charge in [-0.1, -0.05) is 13.0 Å². The second kappa shape index (κ2) is 7.21. The molecule has 24 heavy (non-hydrogen) atoms. The van der Waals surface area contributed by atoms with Gasteiger partial charge < -0.3 is 4.74 Å². The van der Waals surface area contributed by atoms with Gasteiger partial charge in [0.15, 0.2) is 5.78 Å². The fourth-order valence-electron chi connectivity index (χ4n) is 2.88. The molecule has 1 aromatic rings. The minimum Gasteiger partial charge on any atom is -0.444 e. The average molecular weight is 397 g/mol. The number of aromatic nitrogens is 1. The van der Waals surface area contributed by atoms with E-state index >= 15 is 0 Å². The van der Waals surface area contributed by atoms with Crippen molar-refractivity contribution in [3.63, 3.8) is 0 Å². The van der Waals surface area contributed by atoms with Crippen LogP contribution in [0.2, 0.25) is 0 Å². The largest absolute Gasteiger partial charge is 0.444 e. The molecular weight excluding hydrogens is 372 g/mol. The van der Waals surface area contributed by atoms with Gasteiger partial charge in [-0.05, 0) is 67.6 Å². The highest BCUT2D eigenvalue weighted by molar-refractivity contribution is 9.10. The molecule has 0 bridgehead atoms. The fourth-order valence-corrected chi connectivity index (χ4v) is 3.23. The molecule has 0 spiro atoms. The van der Waals surface area contributed by atoms with Crippen molar-refractivity contribution in [3.05, 3.63) is 28.0 Å². The first kappa shape index (κ1) is 18.9. The number of carbonyl (C=O) groups is 2. The van der Waals surface area contributed by atoms with Crippen LogP contribution in [0.25, 0.3) is 0 Å². The van der Waals surface area contributed by atoms with E-state index < -0.39 is 17.7 Å². The molecule has 0 radical (unpaired) electrons. The molecule has 6 heteroatoms. The first-order valence-corrected chi connectivity index (χ1v) is 9.00. The summed E-state index contributed by atoms with van der Waals surface area (Å²) in [7, 11) is 0. The van der Waals surface area contributed by atoms with E-state index in [1.54, 1.807) is 4.90 Å². The number of likely N-dealkylation sites (tertiary alicyclic amines) is 1. The third-order valence-corrected chi connectivity index (χ3v) is 4.46. The van der Waals surface area contributed by atoms with Gasteiger partial charge in [-0.3, -0.25) is 9.69 Å². The highest BCUT2D eigenvalue weighted by Gasteiger charge is 2.39. The molecule has 1 fully saturated rings. The van der Waals surface area contributed by atoms with Gasteiger partial charge in [0.05, 0.1) is 18.2 Å². The van der Waals surface area contributed by atoms with Crippen LogP contribution in [0.1, 0.15) is 45.4 Å². The lowest BCUT2D eigenvalue weighted by atomic mass is 10.00. The number of halogens is 1. The Hall–Kier alpha value is -1.43. The number of Topliss-reactive ketones (excluding diaryl/α,β-unsaturated/α-hetero) is 1. The standard InChI is InChI=1S/C18H25BrN2O3/c1-11-8-14(21(10-11)17(23)24-18(3,4)5)15(22)9-13-12(2)6-7-16(19)20-13/h6-7,11,14H,8-10H2,1-5H3/t11-,14+/m1/s1. The number of nitrogens with zero attached hydrogens (tertiary/aromatic N) is 2. The highest BCUT2D eigenvalue weighted by Crippen LogP contribution is 2.27. The van der Waals surface area contributed by atoms with Crippen molar-refractivity contribution in [1.29, 1.82) is 0 Å². The SMILES string of the molecule is Cc1ccc(Br)nc1CC(=O)[C@@H]1C[C@@H](C)CN1C(=O)OC(C)(C)C. The van der Waals surface area contributed by atoms with Crippen LogP contribution in [-0.4, -0.2) is 39.9 Å². The third kappa shape index (κ3) is 4.79. The molecule has 1 aliphatic heterocycles. The maximum atomic E-state index is 12.8. The second-order valence-corrected chi connectivity index (χ2v) is 8.34. The predicted octanol–water partition coefficient (Wildman–Crippen LogP) is 3.91. The number of amides is 1. The quantitative estimate of drug-likeness (QED) is 0.726. The maximum absolute atomic E-state index is 12.8. The molecule has 2 rings (SSSR count). The van der Waals surface area contributed by atoms with Crippen molar-refractivity contribution >= 4 is 27.8 Å². The van der Waals surface area contributed by atoms with Crippen molar-refractivity contribution in [2.75, 3.05) is 6.54 Å². The van der Waals surface area contributed by atoms with Crippen molar-refractivity contribution in [2.24, 2.45) is 5.92 Å². The normalized spacial score (nSPS) is 21.0. The molecule has 1 saturated heterocycles. The topological polar surface area (TPSA) is 59.5 Å². The van der Waals surface area contributed by atoms with Crippen molar-refractivity contribution in [3.8, 4) is 0 Å². The maximum Gasteiger partial charge on any atom is 0.410 e. The van der Waals surface area contributed by atoms with Crippen LogP contribution in [0.4, 0.5) is 4.79 Å². The van der Waals surface area contributed by atoms with E-state index in [1.165, 1.54) is 0 Å². The summed E-state index contributed by atoms with van der Waals surface area (Å²) >= 11 is 3.34. The van der Waals surface area contributed by atoms with Crippen LogP contribution < -0.4 is 0 Å².